The molecule has 0 aromatic heterocycles. The van der Waals surface area contributed by atoms with Crippen LogP contribution in [0, 0.1) is 0 Å². The lowest BCUT2D eigenvalue weighted by atomic mass is 9.84. The van der Waals surface area contributed by atoms with Gasteiger partial charge < -0.3 is 10.0 Å². The lowest BCUT2D eigenvalue weighted by Crippen LogP contribution is -2.13. The Labute approximate surface area is 136 Å². The largest absolute Gasteiger partial charge is 0.478 e. The summed E-state index contributed by atoms with van der Waals surface area (Å²) in [6, 6.07) is 13.9. The maximum Gasteiger partial charge on any atom is 0.335 e. The molecule has 1 N–H and O–H groups in total. The Morgan fingerprint density at radius 3 is 2.65 bits per heavy atom. The summed E-state index contributed by atoms with van der Waals surface area (Å²) in [4.78, 5) is 13.5. The van der Waals surface area contributed by atoms with E-state index in [1.54, 1.807) is 6.07 Å². The average molecular weight is 307 g/mol. The van der Waals surface area contributed by atoms with Gasteiger partial charge in [-0.2, -0.15) is 0 Å². The topological polar surface area (TPSA) is 40.5 Å². The van der Waals surface area contributed by atoms with Gasteiger partial charge in [-0.05, 0) is 66.9 Å². The molecule has 0 atom stereocenters. The van der Waals surface area contributed by atoms with Crippen molar-refractivity contribution < 1.29 is 9.90 Å². The number of hydrogen-bond acceptors (Lipinski definition) is 2. The number of carboxylic acids is 1. The molecule has 0 saturated heterocycles. The number of benzene rings is 2. The molecule has 2 aromatic carbocycles. The Morgan fingerprint density at radius 2 is 1.91 bits per heavy atom. The quantitative estimate of drug-likeness (QED) is 0.933. The van der Waals surface area contributed by atoms with Gasteiger partial charge in [-0.1, -0.05) is 36.4 Å². The number of fused-ring (bicyclic) bond motifs is 1. The van der Waals surface area contributed by atoms with Crippen molar-refractivity contribution in [2.45, 2.75) is 19.4 Å². The highest BCUT2D eigenvalue weighted by Gasteiger charge is 2.18. The highest BCUT2D eigenvalue weighted by molar-refractivity contribution is 5.91. The predicted molar refractivity (Wildman–Crippen MR) is 92.6 cm³/mol. The molecule has 0 spiro atoms. The fourth-order valence-electron chi connectivity index (χ4n) is 3.18. The van der Waals surface area contributed by atoms with Gasteiger partial charge in [0.25, 0.3) is 0 Å². The second kappa shape index (κ2) is 6.39. The molecule has 2 aromatic rings. The van der Waals surface area contributed by atoms with Crippen LogP contribution in [0.4, 0.5) is 0 Å². The summed E-state index contributed by atoms with van der Waals surface area (Å²) in [6.45, 7) is 0.863. The van der Waals surface area contributed by atoms with Crippen LogP contribution in [0.2, 0.25) is 0 Å². The van der Waals surface area contributed by atoms with Crippen molar-refractivity contribution in [1.82, 2.24) is 4.90 Å². The first-order chi connectivity index (χ1) is 11.1. The Balaban J connectivity index is 2.11. The smallest absolute Gasteiger partial charge is 0.335 e. The third kappa shape index (κ3) is 3.20. The second-order valence-electron chi connectivity index (χ2n) is 6.23. The van der Waals surface area contributed by atoms with Gasteiger partial charge in [-0.15, -0.1) is 0 Å². The van der Waals surface area contributed by atoms with Crippen molar-refractivity contribution in [3.8, 4) is 0 Å². The minimum absolute atomic E-state index is 0.349. The van der Waals surface area contributed by atoms with Crippen LogP contribution in [0.5, 0.6) is 0 Å². The van der Waals surface area contributed by atoms with Crippen LogP contribution < -0.4 is 0 Å². The van der Waals surface area contributed by atoms with Gasteiger partial charge in [0, 0.05) is 6.54 Å². The Bertz CT molecular complexity index is 775. The Kier molecular flexibility index (Phi) is 4.30. The normalized spacial score (nSPS) is 13.6. The van der Waals surface area contributed by atoms with Crippen molar-refractivity contribution in [2.75, 3.05) is 14.1 Å². The second-order valence-corrected chi connectivity index (χ2v) is 6.23. The van der Waals surface area contributed by atoms with E-state index in [1.165, 1.54) is 16.7 Å². The first kappa shape index (κ1) is 15.5. The maximum atomic E-state index is 11.3. The SMILES string of the molecule is CN(C)Cc1ccccc1C1=CCCc2ccc(C(=O)O)cc21. The fourth-order valence-corrected chi connectivity index (χ4v) is 3.18. The van der Waals surface area contributed by atoms with Crippen LogP contribution in [0.1, 0.15) is 39.0 Å². The van der Waals surface area contributed by atoms with E-state index in [4.69, 9.17) is 0 Å². The van der Waals surface area contributed by atoms with Crippen molar-refractivity contribution >= 4 is 11.5 Å². The van der Waals surface area contributed by atoms with Crippen LogP contribution in [0.15, 0.2) is 48.5 Å². The molecule has 0 fully saturated rings. The number of nitrogens with zero attached hydrogens (tertiary/aromatic N) is 1. The van der Waals surface area contributed by atoms with Gasteiger partial charge >= 0.3 is 5.97 Å². The first-order valence-electron chi connectivity index (χ1n) is 7.86. The van der Waals surface area contributed by atoms with Gasteiger partial charge in [0.2, 0.25) is 0 Å². The summed E-state index contributed by atoms with van der Waals surface area (Å²) in [6.07, 6.45) is 4.20. The van der Waals surface area contributed by atoms with Gasteiger partial charge in [-0.3, -0.25) is 0 Å². The van der Waals surface area contributed by atoms with Crippen molar-refractivity contribution in [1.29, 1.82) is 0 Å². The molecule has 118 valence electrons. The summed E-state index contributed by atoms with van der Waals surface area (Å²) in [5, 5.41) is 9.29. The molecular weight excluding hydrogens is 286 g/mol. The maximum absolute atomic E-state index is 11.3. The summed E-state index contributed by atoms with van der Waals surface area (Å²) < 4.78 is 0. The number of hydrogen-bond donors (Lipinski definition) is 1. The number of carbonyl (C=O) groups is 1. The van der Waals surface area contributed by atoms with Crippen LogP contribution in [-0.4, -0.2) is 30.1 Å². The number of carboxylic acid groups (broad SMARTS) is 1. The third-order valence-corrected chi connectivity index (χ3v) is 4.20. The van der Waals surface area contributed by atoms with E-state index in [0.29, 0.717) is 5.56 Å². The molecule has 3 rings (SSSR count). The third-order valence-electron chi connectivity index (χ3n) is 4.20. The molecule has 3 nitrogen and oxygen atoms in total. The van der Waals surface area contributed by atoms with Crippen molar-refractivity contribution in [3.05, 3.63) is 76.4 Å². The van der Waals surface area contributed by atoms with Crippen molar-refractivity contribution in [3.63, 3.8) is 0 Å². The molecular formula is C20H21NO2. The van der Waals surface area contributed by atoms with E-state index in [0.717, 1.165) is 30.5 Å². The molecule has 23 heavy (non-hydrogen) atoms. The minimum atomic E-state index is -0.876. The zero-order valence-corrected chi connectivity index (χ0v) is 13.5. The number of aromatic carboxylic acids is 1. The highest BCUT2D eigenvalue weighted by Crippen LogP contribution is 2.34. The van der Waals surface area contributed by atoms with Gasteiger partial charge in [-0.25, -0.2) is 4.79 Å². The molecule has 0 radical (unpaired) electrons. The van der Waals surface area contributed by atoms with E-state index >= 15 is 0 Å². The van der Waals surface area contributed by atoms with E-state index in [2.05, 4.69) is 43.3 Å². The lowest BCUT2D eigenvalue weighted by molar-refractivity contribution is 0.0697. The molecule has 0 aliphatic heterocycles. The fraction of sp³-hybridized carbons (Fsp3) is 0.250. The van der Waals surface area contributed by atoms with E-state index < -0.39 is 5.97 Å². The van der Waals surface area contributed by atoms with Gasteiger partial charge in [0.05, 0.1) is 5.56 Å². The van der Waals surface area contributed by atoms with Crippen LogP contribution in [-0.2, 0) is 13.0 Å². The molecule has 1 aliphatic carbocycles. The van der Waals surface area contributed by atoms with E-state index in [9.17, 15) is 9.90 Å². The summed E-state index contributed by atoms with van der Waals surface area (Å²) in [7, 11) is 4.12. The van der Waals surface area contributed by atoms with Crippen LogP contribution in [0.25, 0.3) is 5.57 Å². The minimum Gasteiger partial charge on any atom is -0.478 e. The Morgan fingerprint density at radius 1 is 1.13 bits per heavy atom. The number of rotatable bonds is 4. The zero-order valence-electron chi connectivity index (χ0n) is 13.5. The lowest BCUT2D eigenvalue weighted by Gasteiger charge is -2.22. The van der Waals surface area contributed by atoms with E-state index in [-0.39, 0.29) is 0 Å². The average Bonchev–Trinajstić information content (AvgIpc) is 2.54. The van der Waals surface area contributed by atoms with Gasteiger partial charge in [0.1, 0.15) is 0 Å². The summed E-state index contributed by atoms with van der Waals surface area (Å²) >= 11 is 0. The molecule has 0 heterocycles. The molecule has 0 saturated carbocycles. The predicted octanol–water partition coefficient (Wildman–Crippen LogP) is 3.82. The molecule has 0 unspecified atom stereocenters. The molecule has 0 bridgehead atoms. The zero-order chi connectivity index (χ0) is 16.4. The highest BCUT2D eigenvalue weighted by atomic mass is 16.4. The summed E-state index contributed by atoms with van der Waals surface area (Å²) in [5.74, 6) is -0.876. The summed E-state index contributed by atoms with van der Waals surface area (Å²) in [5.41, 5.74) is 6.25. The molecule has 0 amide bonds. The van der Waals surface area contributed by atoms with Gasteiger partial charge in [0.15, 0.2) is 0 Å². The Hall–Kier alpha value is -2.39. The van der Waals surface area contributed by atoms with E-state index in [1.807, 2.05) is 18.2 Å². The standard InChI is InChI=1S/C20H21NO2/c1-21(2)13-16-6-3-4-8-17(16)18-9-5-7-14-10-11-15(20(22)23)12-19(14)18/h3-4,6,8-12H,5,7,13H2,1-2H3,(H,22,23). The van der Waals surface area contributed by atoms with Crippen molar-refractivity contribution in [2.24, 2.45) is 0 Å². The number of allylic oxidation sites excluding steroid dienone is 1. The molecule has 3 heteroatoms. The van der Waals surface area contributed by atoms with Crippen LogP contribution >= 0.6 is 0 Å². The molecule has 1 aliphatic rings. The van der Waals surface area contributed by atoms with Crippen LogP contribution in [0.3, 0.4) is 0 Å². The monoisotopic (exact) mass is 307 g/mol. The number of aryl methyl sites for hydroxylation is 1. The first-order valence-corrected chi connectivity index (χ1v) is 7.86.